The summed E-state index contributed by atoms with van der Waals surface area (Å²) in [5, 5.41) is 21.6. The standard InChI is InChI=1S/C14H22N2O3/c1-4-16(5-2)14(19)15-7-6-11-9-13(18)12(17)8-10(11)3/h8-9,17-18H,4-7H2,1-3H3,(H,15,19). The molecule has 19 heavy (non-hydrogen) atoms. The third-order valence-corrected chi connectivity index (χ3v) is 3.15. The van der Waals surface area contributed by atoms with Crippen LogP contribution in [0.4, 0.5) is 4.79 Å². The van der Waals surface area contributed by atoms with E-state index in [1.54, 1.807) is 4.90 Å². The molecule has 2 amide bonds. The van der Waals surface area contributed by atoms with E-state index in [0.717, 1.165) is 11.1 Å². The fourth-order valence-corrected chi connectivity index (χ4v) is 1.92. The lowest BCUT2D eigenvalue weighted by Crippen LogP contribution is -2.40. The van der Waals surface area contributed by atoms with E-state index in [1.165, 1.54) is 12.1 Å². The van der Waals surface area contributed by atoms with E-state index in [-0.39, 0.29) is 17.5 Å². The Bertz CT molecular complexity index is 443. The second-order valence-electron chi connectivity index (χ2n) is 4.42. The van der Waals surface area contributed by atoms with E-state index < -0.39 is 0 Å². The summed E-state index contributed by atoms with van der Waals surface area (Å²) in [7, 11) is 0. The van der Waals surface area contributed by atoms with Gasteiger partial charge in [-0.15, -0.1) is 0 Å². The van der Waals surface area contributed by atoms with Crippen molar-refractivity contribution in [1.82, 2.24) is 10.2 Å². The van der Waals surface area contributed by atoms with Gasteiger partial charge in [-0.2, -0.15) is 0 Å². The lowest BCUT2D eigenvalue weighted by atomic mass is 10.0. The molecule has 0 bridgehead atoms. The molecule has 5 nitrogen and oxygen atoms in total. The minimum absolute atomic E-state index is 0.0781. The summed E-state index contributed by atoms with van der Waals surface area (Å²) < 4.78 is 0. The zero-order valence-electron chi connectivity index (χ0n) is 11.7. The first-order valence-corrected chi connectivity index (χ1v) is 6.53. The first-order chi connectivity index (χ1) is 8.99. The topological polar surface area (TPSA) is 72.8 Å². The zero-order valence-corrected chi connectivity index (χ0v) is 11.7. The van der Waals surface area contributed by atoms with Crippen LogP contribution < -0.4 is 5.32 Å². The van der Waals surface area contributed by atoms with Gasteiger partial charge < -0.3 is 20.4 Å². The summed E-state index contributed by atoms with van der Waals surface area (Å²) in [6, 6.07) is 2.98. The van der Waals surface area contributed by atoms with Gasteiger partial charge in [0.2, 0.25) is 0 Å². The van der Waals surface area contributed by atoms with Gasteiger partial charge in [0.1, 0.15) is 0 Å². The third kappa shape index (κ3) is 4.05. The van der Waals surface area contributed by atoms with Crippen LogP contribution >= 0.6 is 0 Å². The second kappa shape index (κ2) is 6.87. The first-order valence-electron chi connectivity index (χ1n) is 6.53. The van der Waals surface area contributed by atoms with Crippen LogP contribution in [0.5, 0.6) is 11.5 Å². The number of hydrogen-bond donors (Lipinski definition) is 3. The van der Waals surface area contributed by atoms with Gasteiger partial charge in [0.15, 0.2) is 11.5 Å². The van der Waals surface area contributed by atoms with Gasteiger partial charge in [-0.3, -0.25) is 0 Å². The molecule has 0 spiro atoms. The largest absolute Gasteiger partial charge is 0.504 e. The summed E-state index contributed by atoms with van der Waals surface area (Å²) >= 11 is 0. The Kier molecular flexibility index (Phi) is 5.48. The number of hydrogen-bond acceptors (Lipinski definition) is 3. The molecule has 0 aliphatic carbocycles. The molecule has 106 valence electrons. The quantitative estimate of drug-likeness (QED) is 0.714. The molecule has 0 aliphatic heterocycles. The molecule has 0 saturated carbocycles. The third-order valence-electron chi connectivity index (χ3n) is 3.15. The molecule has 1 aromatic rings. The fourth-order valence-electron chi connectivity index (χ4n) is 1.92. The summed E-state index contributed by atoms with van der Waals surface area (Å²) in [5.41, 5.74) is 1.81. The Labute approximate surface area is 113 Å². The van der Waals surface area contributed by atoms with E-state index in [4.69, 9.17) is 0 Å². The van der Waals surface area contributed by atoms with Crippen molar-refractivity contribution in [3.05, 3.63) is 23.3 Å². The van der Waals surface area contributed by atoms with E-state index >= 15 is 0 Å². The Hall–Kier alpha value is -1.91. The first kappa shape index (κ1) is 15.1. The van der Waals surface area contributed by atoms with Crippen LogP contribution in [0.2, 0.25) is 0 Å². The molecule has 0 aromatic heterocycles. The molecule has 5 heteroatoms. The summed E-state index contributed by atoms with van der Waals surface area (Å²) in [6.45, 7) is 7.60. The number of carbonyl (C=O) groups is 1. The molecular formula is C14H22N2O3. The number of nitrogens with zero attached hydrogens (tertiary/aromatic N) is 1. The lowest BCUT2D eigenvalue weighted by molar-refractivity contribution is 0.203. The smallest absolute Gasteiger partial charge is 0.317 e. The van der Waals surface area contributed by atoms with Crippen molar-refractivity contribution in [2.45, 2.75) is 27.2 Å². The molecule has 0 aliphatic rings. The SMILES string of the molecule is CCN(CC)C(=O)NCCc1cc(O)c(O)cc1C. The average Bonchev–Trinajstić information content (AvgIpc) is 2.37. The highest BCUT2D eigenvalue weighted by Crippen LogP contribution is 2.27. The number of phenols is 2. The van der Waals surface area contributed by atoms with E-state index in [1.807, 2.05) is 20.8 Å². The number of aryl methyl sites for hydroxylation is 1. The number of benzene rings is 1. The van der Waals surface area contributed by atoms with Gasteiger partial charge in [0.25, 0.3) is 0 Å². The monoisotopic (exact) mass is 266 g/mol. The maximum Gasteiger partial charge on any atom is 0.317 e. The van der Waals surface area contributed by atoms with Crippen molar-refractivity contribution in [1.29, 1.82) is 0 Å². The van der Waals surface area contributed by atoms with Crippen LogP contribution in [-0.2, 0) is 6.42 Å². The van der Waals surface area contributed by atoms with Gasteiger partial charge in [-0.05, 0) is 50.5 Å². The predicted molar refractivity (Wildman–Crippen MR) is 74.5 cm³/mol. The summed E-state index contributed by atoms with van der Waals surface area (Å²) in [6.07, 6.45) is 0.618. The van der Waals surface area contributed by atoms with E-state index in [2.05, 4.69) is 5.32 Å². The maximum atomic E-state index is 11.7. The number of aromatic hydroxyl groups is 2. The number of phenolic OH excluding ortho intramolecular Hbond substituents is 2. The van der Waals surface area contributed by atoms with Crippen molar-refractivity contribution in [3.63, 3.8) is 0 Å². The Morgan fingerprint density at radius 3 is 2.37 bits per heavy atom. The highest BCUT2D eigenvalue weighted by molar-refractivity contribution is 5.74. The molecule has 0 heterocycles. The van der Waals surface area contributed by atoms with Crippen LogP contribution in [0, 0.1) is 6.92 Å². The van der Waals surface area contributed by atoms with Gasteiger partial charge in [-0.1, -0.05) is 0 Å². The highest BCUT2D eigenvalue weighted by atomic mass is 16.3. The zero-order chi connectivity index (χ0) is 14.4. The normalized spacial score (nSPS) is 10.3. The molecule has 3 N–H and O–H groups in total. The minimum atomic E-state index is -0.129. The predicted octanol–water partition coefficient (Wildman–Crippen LogP) is 2.00. The van der Waals surface area contributed by atoms with Crippen molar-refractivity contribution in [2.24, 2.45) is 0 Å². The van der Waals surface area contributed by atoms with Crippen LogP contribution in [-0.4, -0.2) is 40.8 Å². The van der Waals surface area contributed by atoms with Crippen LogP contribution in [0.3, 0.4) is 0 Å². The van der Waals surface area contributed by atoms with Gasteiger partial charge in [0.05, 0.1) is 0 Å². The maximum absolute atomic E-state index is 11.7. The molecule has 1 aromatic carbocycles. The van der Waals surface area contributed by atoms with E-state index in [9.17, 15) is 15.0 Å². The summed E-state index contributed by atoms with van der Waals surface area (Å²) in [5.74, 6) is -0.246. The van der Waals surface area contributed by atoms with Crippen LogP contribution in [0.15, 0.2) is 12.1 Å². The number of carbonyl (C=O) groups excluding carboxylic acids is 1. The van der Waals surface area contributed by atoms with Crippen molar-refractivity contribution >= 4 is 6.03 Å². The molecule has 0 atom stereocenters. The summed E-state index contributed by atoms with van der Waals surface area (Å²) in [4.78, 5) is 13.4. The van der Waals surface area contributed by atoms with Gasteiger partial charge >= 0.3 is 6.03 Å². The van der Waals surface area contributed by atoms with Crippen LogP contribution in [0.1, 0.15) is 25.0 Å². The van der Waals surface area contributed by atoms with Crippen molar-refractivity contribution in [2.75, 3.05) is 19.6 Å². The second-order valence-corrected chi connectivity index (χ2v) is 4.42. The number of amides is 2. The van der Waals surface area contributed by atoms with Crippen molar-refractivity contribution < 1.29 is 15.0 Å². The van der Waals surface area contributed by atoms with E-state index in [0.29, 0.717) is 26.1 Å². The molecule has 0 fully saturated rings. The highest BCUT2D eigenvalue weighted by Gasteiger charge is 2.09. The molecular weight excluding hydrogens is 244 g/mol. The molecule has 0 unspecified atom stereocenters. The van der Waals surface area contributed by atoms with Crippen LogP contribution in [0.25, 0.3) is 0 Å². The molecule has 1 rings (SSSR count). The number of urea groups is 1. The molecule has 0 saturated heterocycles. The lowest BCUT2D eigenvalue weighted by Gasteiger charge is -2.19. The van der Waals surface area contributed by atoms with Gasteiger partial charge in [0, 0.05) is 19.6 Å². The minimum Gasteiger partial charge on any atom is -0.504 e. The Morgan fingerprint density at radius 2 is 1.79 bits per heavy atom. The number of rotatable bonds is 5. The van der Waals surface area contributed by atoms with Crippen molar-refractivity contribution in [3.8, 4) is 11.5 Å². The Morgan fingerprint density at radius 1 is 1.21 bits per heavy atom. The molecule has 0 radical (unpaired) electrons. The number of nitrogens with one attached hydrogen (secondary N) is 1. The average molecular weight is 266 g/mol. The van der Waals surface area contributed by atoms with Gasteiger partial charge in [-0.25, -0.2) is 4.79 Å². The fraction of sp³-hybridized carbons (Fsp3) is 0.500. The Balaban J connectivity index is 2.54.